The molecule has 0 bridgehead atoms. The first-order valence-corrected chi connectivity index (χ1v) is 7.30. The van der Waals surface area contributed by atoms with Gasteiger partial charge in [0.2, 0.25) is 0 Å². The number of nitrogens with zero attached hydrogens (tertiary/aromatic N) is 3. The van der Waals surface area contributed by atoms with Gasteiger partial charge in [0.05, 0.1) is 23.5 Å². The first-order chi connectivity index (χ1) is 10.2. The summed E-state index contributed by atoms with van der Waals surface area (Å²) in [7, 11) is 0. The average Bonchev–Trinajstić information content (AvgIpc) is 3.06. The molecule has 0 radical (unpaired) electrons. The molecule has 2 heterocycles. The van der Waals surface area contributed by atoms with Crippen LogP contribution in [0.3, 0.4) is 0 Å². The van der Waals surface area contributed by atoms with Crippen LogP contribution in [0.1, 0.15) is 17.1 Å². The van der Waals surface area contributed by atoms with Gasteiger partial charge in [0.1, 0.15) is 5.82 Å². The van der Waals surface area contributed by atoms with E-state index in [2.05, 4.69) is 11.1 Å². The van der Waals surface area contributed by atoms with Gasteiger partial charge in [0.15, 0.2) is 11.6 Å². The summed E-state index contributed by atoms with van der Waals surface area (Å²) < 4.78 is 28.6. The lowest BCUT2D eigenvalue weighted by atomic mass is 10.3. The van der Waals surface area contributed by atoms with Crippen molar-refractivity contribution in [2.24, 2.45) is 0 Å². The van der Waals surface area contributed by atoms with Gasteiger partial charge in [-0.2, -0.15) is 5.26 Å². The number of fused-ring (bicyclic) bond motifs is 1. The molecule has 3 rings (SSSR count). The molecular formula is C15H11F2N3S. The number of hydrogen-bond donors (Lipinski definition) is 0. The minimum atomic E-state index is -0.907. The van der Waals surface area contributed by atoms with E-state index in [0.717, 1.165) is 17.0 Å². The Morgan fingerprint density at radius 2 is 2.10 bits per heavy atom. The molecule has 2 aromatic heterocycles. The molecule has 0 aliphatic rings. The Kier molecular flexibility index (Phi) is 3.67. The van der Waals surface area contributed by atoms with Crippen LogP contribution in [-0.4, -0.2) is 9.55 Å². The molecule has 0 N–H and O–H groups in total. The van der Waals surface area contributed by atoms with E-state index < -0.39 is 11.6 Å². The van der Waals surface area contributed by atoms with Crippen molar-refractivity contribution >= 4 is 22.4 Å². The molecule has 0 atom stereocenters. The molecule has 0 aliphatic heterocycles. The van der Waals surface area contributed by atoms with Gasteiger partial charge in [-0.15, -0.1) is 11.3 Å². The van der Waals surface area contributed by atoms with Gasteiger partial charge in [-0.3, -0.25) is 0 Å². The number of imidazole rings is 1. The van der Waals surface area contributed by atoms with Gasteiger partial charge in [-0.25, -0.2) is 13.8 Å². The smallest absolute Gasteiger partial charge is 0.161 e. The normalized spacial score (nSPS) is 10.9. The van der Waals surface area contributed by atoms with E-state index in [9.17, 15) is 8.78 Å². The monoisotopic (exact) mass is 303 g/mol. The number of aromatic nitrogens is 2. The highest BCUT2D eigenvalue weighted by molar-refractivity contribution is 7.09. The Balaban J connectivity index is 2.10. The van der Waals surface area contributed by atoms with Crippen molar-refractivity contribution in [1.82, 2.24) is 9.55 Å². The van der Waals surface area contributed by atoms with E-state index in [1.54, 1.807) is 15.9 Å². The summed E-state index contributed by atoms with van der Waals surface area (Å²) >= 11 is 1.60. The molecule has 6 heteroatoms. The zero-order valence-electron chi connectivity index (χ0n) is 11.0. The molecule has 0 saturated carbocycles. The van der Waals surface area contributed by atoms with Crippen LogP contribution in [0.5, 0.6) is 0 Å². The molecule has 0 unspecified atom stereocenters. The summed E-state index contributed by atoms with van der Waals surface area (Å²) in [5.41, 5.74) is 0.939. The van der Waals surface area contributed by atoms with Crippen molar-refractivity contribution < 1.29 is 8.78 Å². The summed E-state index contributed by atoms with van der Waals surface area (Å²) in [4.78, 5) is 5.51. The first kappa shape index (κ1) is 13.7. The lowest BCUT2D eigenvalue weighted by Crippen LogP contribution is -2.04. The fourth-order valence-corrected chi connectivity index (χ4v) is 2.99. The molecule has 0 amide bonds. The molecule has 0 aliphatic carbocycles. The van der Waals surface area contributed by atoms with Crippen LogP contribution in [0.25, 0.3) is 11.0 Å². The maximum absolute atomic E-state index is 13.5. The number of benzene rings is 1. The summed E-state index contributed by atoms with van der Waals surface area (Å²) in [6.45, 7) is 0.415. The predicted octanol–water partition coefficient (Wildman–Crippen LogP) is 3.88. The van der Waals surface area contributed by atoms with Crippen LogP contribution in [0.15, 0.2) is 29.6 Å². The Morgan fingerprint density at radius 1 is 1.29 bits per heavy atom. The molecule has 0 saturated heterocycles. The maximum Gasteiger partial charge on any atom is 0.161 e. The minimum Gasteiger partial charge on any atom is -0.327 e. The van der Waals surface area contributed by atoms with Crippen LogP contribution in [-0.2, 0) is 13.0 Å². The van der Waals surface area contributed by atoms with E-state index in [1.807, 2.05) is 17.5 Å². The number of aryl methyl sites for hydroxylation is 1. The molecule has 1 aromatic carbocycles. The lowest BCUT2D eigenvalue weighted by molar-refractivity contribution is 0.510. The second-order valence-corrected chi connectivity index (χ2v) is 5.63. The summed E-state index contributed by atoms with van der Waals surface area (Å²) in [5.74, 6) is -1.09. The van der Waals surface area contributed by atoms with E-state index in [-0.39, 0.29) is 0 Å². The van der Waals surface area contributed by atoms with Gasteiger partial charge in [-0.1, -0.05) is 6.07 Å². The molecular weight excluding hydrogens is 292 g/mol. The van der Waals surface area contributed by atoms with E-state index >= 15 is 0 Å². The van der Waals surface area contributed by atoms with Crippen molar-refractivity contribution in [3.8, 4) is 6.07 Å². The summed E-state index contributed by atoms with van der Waals surface area (Å²) in [6.07, 6.45) is 0.878. The standard InChI is InChI=1S/C15H11F2N3S/c16-11-8-13-14(9-12(11)17)20(5-2-4-18)15(19-13)7-10-3-1-6-21-10/h1,3,6,8-9H,2,5,7H2. The Hall–Kier alpha value is -2.26. The third-order valence-electron chi connectivity index (χ3n) is 3.23. The SMILES string of the molecule is N#CCCn1c(Cc2cccs2)nc2cc(F)c(F)cc21. The Labute approximate surface area is 124 Å². The van der Waals surface area contributed by atoms with Gasteiger partial charge < -0.3 is 4.57 Å². The largest absolute Gasteiger partial charge is 0.327 e. The molecule has 106 valence electrons. The minimum absolute atomic E-state index is 0.294. The van der Waals surface area contributed by atoms with Gasteiger partial charge >= 0.3 is 0 Å². The second-order valence-electron chi connectivity index (χ2n) is 4.60. The number of halogens is 2. The first-order valence-electron chi connectivity index (χ1n) is 6.42. The topological polar surface area (TPSA) is 41.6 Å². The van der Waals surface area contributed by atoms with E-state index in [4.69, 9.17) is 5.26 Å². The molecule has 3 nitrogen and oxygen atoms in total. The fraction of sp³-hybridized carbons (Fsp3) is 0.200. The van der Waals surface area contributed by atoms with E-state index in [1.165, 1.54) is 0 Å². The third kappa shape index (κ3) is 2.65. The Morgan fingerprint density at radius 3 is 2.81 bits per heavy atom. The molecule has 0 spiro atoms. The quantitative estimate of drug-likeness (QED) is 0.734. The molecule has 3 aromatic rings. The third-order valence-corrected chi connectivity index (χ3v) is 4.11. The lowest BCUT2D eigenvalue weighted by Gasteiger charge is -2.06. The zero-order chi connectivity index (χ0) is 14.8. The van der Waals surface area contributed by atoms with Crippen LogP contribution < -0.4 is 0 Å². The van der Waals surface area contributed by atoms with Gasteiger partial charge in [-0.05, 0) is 11.4 Å². The fourth-order valence-electron chi connectivity index (χ4n) is 2.29. The highest BCUT2D eigenvalue weighted by Crippen LogP contribution is 2.23. The summed E-state index contributed by atoms with van der Waals surface area (Å²) in [6, 6.07) is 8.25. The molecule has 21 heavy (non-hydrogen) atoms. The van der Waals surface area contributed by atoms with E-state index in [0.29, 0.717) is 36.2 Å². The van der Waals surface area contributed by atoms with Crippen molar-refractivity contribution in [2.75, 3.05) is 0 Å². The van der Waals surface area contributed by atoms with Crippen molar-refractivity contribution in [3.05, 3.63) is 52.0 Å². The van der Waals surface area contributed by atoms with Gasteiger partial charge in [0, 0.05) is 30.0 Å². The zero-order valence-corrected chi connectivity index (χ0v) is 11.8. The highest BCUT2D eigenvalue weighted by Gasteiger charge is 2.14. The second kappa shape index (κ2) is 5.62. The predicted molar refractivity (Wildman–Crippen MR) is 77.0 cm³/mol. The van der Waals surface area contributed by atoms with Gasteiger partial charge in [0.25, 0.3) is 0 Å². The highest BCUT2D eigenvalue weighted by atomic mass is 32.1. The summed E-state index contributed by atoms with van der Waals surface area (Å²) in [5, 5.41) is 10.7. The number of nitriles is 1. The van der Waals surface area contributed by atoms with Crippen LogP contribution in [0.2, 0.25) is 0 Å². The van der Waals surface area contributed by atoms with Crippen LogP contribution in [0.4, 0.5) is 8.78 Å². The molecule has 0 fully saturated rings. The number of rotatable bonds is 4. The number of thiophene rings is 1. The maximum atomic E-state index is 13.5. The number of hydrogen-bond acceptors (Lipinski definition) is 3. The van der Waals surface area contributed by atoms with Crippen molar-refractivity contribution in [3.63, 3.8) is 0 Å². The average molecular weight is 303 g/mol. The van der Waals surface area contributed by atoms with Crippen molar-refractivity contribution in [1.29, 1.82) is 5.26 Å². The Bertz CT molecular complexity index is 816. The van der Waals surface area contributed by atoms with Crippen molar-refractivity contribution in [2.45, 2.75) is 19.4 Å². The van der Waals surface area contributed by atoms with Crippen LogP contribution in [0, 0.1) is 23.0 Å². The van der Waals surface area contributed by atoms with Crippen LogP contribution >= 0.6 is 11.3 Å².